The van der Waals surface area contributed by atoms with Crippen LogP contribution in [0.15, 0.2) is 0 Å². The zero-order valence-electron chi connectivity index (χ0n) is 10.3. The van der Waals surface area contributed by atoms with Crippen LogP contribution in [0.3, 0.4) is 0 Å². The Hall–Kier alpha value is -0.640. The highest BCUT2D eigenvalue weighted by atomic mass is 32.1. The fraction of sp³-hybridized carbons (Fsp3) is 0.833. The van der Waals surface area contributed by atoms with Crippen molar-refractivity contribution < 1.29 is 4.79 Å². The number of nitrogens with two attached hydrogens (primary N) is 1. The molecule has 0 saturated heterocycles. The van der Waals surface area contributed by atoms with Gasteiger partial charge in [-0.05, 0) is 19.3 Å². The van der Waals surface area contributed by atoms with Crippen molar-refractivity contribution in [3.05, 3.63) is 0 Å². The molecule has 0 aliphatic heterocycles. The average molecular weight is 242 g/mol. The van der Waals surface area contributed by atoms with Gasteiger partial charge in [-0.25, -0.2) is 0 Å². The first-order valence-corrected chi connectivity index (χ1v) is 6.51. The van der Waals surface area contributed by atoms with Crippen LogP contribution in [0, 0.1) is 5.41 Å². The lowest BCUT2D eigenvalue weighted by molar-refractivity contribution is -0.138. The molecule has 1 saturated carbocycles. The number of carbonyl (C=O) groups excluding carboxylic acids is 1. The second kappa shape index (κ2) is 5.62. The van der Waals surface area contributed by atoms with Crippen LogP contribution in [0.2, 0.25) is 0 Å². The number of hydrogen-bond acceptors (Lipinski definition) is 2. The first-order chi connectivity index (χ1) is 7.54. The lowest BCUT2D eigenvalue weighted by Gasteiger charge is -2.37. The number of rotatable bonds is 4. The highest BCUT2D eigenvalue weighted by Crippen LogP contribution is 2.38. The molecule has 1 aliphatic rings. The maximum atomic E-state index is 12.4. The average Bonchev–Trinajstić information content (AvgIpc) is 2.29. The molecule has 0 aromatic rings. The van der Waals surface area contributed by atoms with Gasteiger partial charge in [0.25, 0.3) is 0 Å². The minimum absolute atomic E-state index is 0.126. The van der Waals surface area contributed by atoms with Gasteiger partial charge in [-0.15, -0.1) is 0 Å². The number of amides is 1. The number of carbonyl (C=O) groups is 1. The third kappa shape index (κ3) is 2.54. The first kappa shape index (κ1) is 13.4. The van der Waals surface area contributed by atoms with Crippen molar-refractivity contribution in [2.75, 3.05) is 13.6 Å². The van der Waals surface area contributed by atoms with E-state index in [9.17, 15) is 4.79 Å². The molecule has 1 aliphatic carbocycles. The van der Waals surface area contributed by atoms with Gasteiger partial charge >= 0.3 is 0 Å². The fourth-order valence-electron chi connectivity index (χ4n) is 2.52. The van der Waals surface area contributed by atoms with Crippen LogP contribution in [0.25, 0.3) is 0 Å². The maximum absolute atomic E-state index is 12.4. The molecule has 92 valence electrons. The number of thiocarbonyl (C=S) groups is 1. The van der Waals surface area contributed by atoms with Crippen LogP contribution in [0.5, 0.6) is 0 Å². The van der Waals surface area contributed by atoms with Crippen molar-refractivity contribution in [1.82, 2.24) is 4.90 Å². The molecule has 0 atom stereocenters. The van der Waals surface area contributed by atoms with E-state index in [2.05, 4.69) is 6.92 Å². The third-order valence-electron chi connectivity index (χ3n) is 3.49. The zero-order valence-corrected chi connectivity index (χ0v) is 11.1. The Kier molecular flexibility index (Phi) is 4.71. The molecule has 1 fully saturated rings. The molecule has 0 radical (unpaired) electrons. The van der Waals surface area contributed by atoms with E-state index in [4.69, 9.17) is 18.0 Å². The second-order valence-electron chi connectivity index (χ2n) is 4.73. The monoisotopic (exact) mass is 242 g/mol. The Morgan fingerprint density at radius 3 is 2.38 bits per heavy atom. The summed E-state index contributed by atoms with van der Waals surface area (Å²) in [6.45, 7) is 2.85. The van der Waals surface area contributed by atoms with Crippen molar-refractivity contribution in [2.24, 2.45) is 11.1 Å². The van der Waals surface area contributed by atoms with Crippen LogP contribution < -0.4 is 5.73 Å². The standard InChI is InChI=1S/C12H22N2OS/c1-3-9-14(2)11(15)12(10(13)16)7-5-4-6-8-12/h3-9H2,1-2H3,(H2,13,16). The highest BCUT2D eigenvalue weighted by Gasteiger charge is 2.43. The molecule has 3 nitrogen and oxygen atoms in total. The van der Waals surface area contributed by atoms with Crippen molar-refractivity contribution in [2.45, 2.75) is 45.4 Å². The summed E-state index contributed by atoms with van der Waals surface area (Å²) in [5.74, 6) is 0.126. The van der Waals surface area contributed by atoms with E-state index in [1.807, 2.05) is 7.05 Å². The Morgan fingerprint density at radius 1 is 1.38 bits per heavy atom. The number of nitrogens with zero attached hydrogens (tertiary/aromatic N) is 1. The van der Waals surface area contributed by atoms with E-state index in [0.717, 1.165) is 38.6 Å². The van der Waals surface area contributed by atoms with E-state index in [0.29, 0.717) is 4.99 Å². The predicted octanol–water partition coefficient (Wildman–Crippen LogP) is 2.09. The van der Waals surface area contributed by atoms with E-state index in [1.54, 1.807) is 4.90 Å². The molecule has 0 unspecified atom stereocenters. The summed E-state index contributed by atoms with van der Waals surface area (Å²) in [7, 11) is 1.85. The normalized spacial score (nSPS) is 19.1. The SMILES string of the molecule is CCCN(C)C(=O)C1(C(N)=S)CCCCC1. The summed E-state index contributed by atoms with van der Waals surface area (Å²) in [4.78, 5) is 14.6. The highest BCUT2D eigenvalue weighted by molar-refractivity contribution is 7.80. The van der Waals surface area contributed by atoms with Crippen molar-refractivity contribution in [1.29, 1.82) is 0 Å². The Bertz CT molecular complexity index is 272. The molecule has 2 N–H and O–H groups in total. The Labute approximate surface area is 103 Å². The number of hydrogen-bond donors (Lipinski definition) is 1. The molecule has 0 aromatic heterocycles. The van der Waals surface area contributed by atoms with Crippen LogP contribution in [0.4, 0.5) is 0 Å². The quantitative estimate of drug-likeness (QED) is 0.768. The molecule has 0 heterocycles. The molecular weight excluding hydrogens is 220 g/mol. The van der Waals surface area contributed by atoms with Crippen LogP contribution >= 0.6 is 12.2 Å². The van der Waals surface area contributed by atoms with Crippen LogP contribution in [-0.4, -0.2) is 29.4 Å². The van der Waals surface area contributed by atoms with Gasteiger partial charge in [0, 0.05) is 13.6 Å². The minimum atomic E-state index is -0.544. The summed E-state index contributed by atoms with van der Waals surface area (Å²) in [6, 6.07) is 0. The lowest BCUT2D eigenvalue weighted by atomic mass is 9.73. The van der Waals surface area contributed by atoms with Gasteiger partial charge < -0.3 is 10.6 Å². The smallest absolute Gasteiger partial charge is 0.235 e. The second-order valence-corrected chi connectivity index (χ2v) is 5.17. The third-order valence-corrected chi connectivity index (χ3v) is 3.88. The van der Waals surface area contributed by atoms with E-state index in [-0.39, 0.29) is 5.91 Å². The molecule has 0 bridgehead atoms. The summed E-state index contributed by atoms with van der Waals surface area (Å²) in [5.41, 5.74) is 5.28. The van der Waals surface area contributed by atoms with Gasteiger partial charge in [0.2, 0.25) is 5.91 Å². The molecule has 0 spiro atoms. The van der Waals surface area contributed by atoms with E-state index in [1.165, 1.54) is 6.42 Å². The summed E-state index contributed by atoms with van der Waals surface area (Å²) >= 11 is 5.14. The minimum Gasteiger partial charge on any atom is -0.392 e. The van der Waals surface area contributed by atoms with Gasteiger partial charge in [0.05, 0.1) is 10.4 Å². The lowest BCUT2D eigenvalue weighted by Crippen LogP contribution is -2.50. The van der Waals surface area contributed by atoms with Gasteiger partial charge in [0.15, 0.2) is 0 Å². The molecule has 1 rings (SSSR count). The molecule has 4 heteroatoms. The van der Waals surface area contributed by atoms with Crippen molar-refractivity contribution >= 4 is 23.1 Å². The topological polar surface area (TPSA) is 46.3 Å². The molecule has 16 heavy (non-hydrogen) atoms. The molecule has 0 aromatic carbocycles. The first-order valence-electron chi connectivity index (χ1n) is 6.10. The largest absolute Gasteiger partial charge is 0.392 e. The predicted molar refractivity (Wildman–Crippen MR) is 70.2 cm³/mol. The Morgan fingerprint density at radius 2 is 1.94 bits per heavy atom. The summed E-state index contributed by atoms with van der Waals surface area (Å²) < 4.78 is 0. The van der Waals surface area contributed by atoms with E-state index >= 15 is 0 Å². The van der Waals surface area contributed by atoms with Gasteiger partial charge in [0.1, 0.15) is 0 Å². The van der Waals surface area contributed by atoms with Crippen molar-refractivity contribution in [3.63, 3.8) is 0 Å². The van der Waals surface area contributed by atoms with Crippen LogP contribution in [-0.2, 0) is 4.79 Å². The van der Waals surface area contributed by atoms with Gasteiger partial charge in [-0.3, -0.25) is 4.79 Å². The molecule has 1 amide bonds. The molecular formula is C12H22N2OS. The van der Waals surface area contributed by atoms with E-state index < -0.39 is 5.41 Å². The summed E-state index contributed by atoms with van der Waals surface area (Å²) in [5, 5.41) is 0. The zero-order chi connectivity index (χ0) is 12.2. The fourth-order valence-corrected chi connectivity index (χ4v) is 2.81. The van der Waals surface area contributed by atoms with Crippen molar-refractivity contribution in [3.8, 4) is 0 Å². The maximum Gasteiger partial charge on any atom is 0.235 e. The van der Waals surface area contributed by atoms with Gasteiger partial charge in [-0.2, -0.15) is 0 Å². The Balaban J connectivity index is 2.84. The summed E-state index contributed by atoms with van der Waals surface area (Å²) in [6.07, 6.45) is 5.93. The van der Waals surface area contributed by atoms with Gasteiger partial charge in [-0.1, -0.05) is 38.4 Å². The van der Waals surface area contributed by atoms with Crippen LogP contribution in [0.1, 0.15) is 45.4 Å².